The Morgan fingerprint density at radius 1 is 0.963 bits per heavy atom. The van der Waals surface area contributed by atoms with E-state index in [1.165, 1.54) is 0 Å². The molecular formula is C19H21N3O4S. The quantitative estimate of drug-likeness (QED) is 0.681. The number of carbonyl (C=O) groups is 2. The molecule has 2 amide bonds. The maximum absolute atomic E-state index is 12.4. The molecule has 0 bridgehead atoms. The van der Waals surface area contributed by atoms with Gasteiger partial charge in [0.25, 0.3) is 5.91 Å². The summed E-state index contributed by atoms with van der Waals surface area (Å²) in [5.41, 5.74) is 6.58. The molecule has 1 aliphatic heterocycles. The summed E-state index contributed by atoms with van der Waals surface area (Å²) >= 11 is 0. The van der Waals surface area contributed by atoms with Gasteiger partial charge in [0.2, 0.25) is 5.91 Å². The summed E-state index contributed by atoms with van der Waals surface area (Å²) in [6.07, 6.45) is 0.553. The third kappa shape index (κ3) is 5.30. The van der Waals surface area contributed by atoms with Crippen LogP contribution in [0.15, 0.2) is 54.6 Å². The second-order valence-electron chi connectivity index (χ2n) is 6.51. The highest BCUT2D eigenvalue weighted by molar-refractivity contribution is 7.91. The van der Waals surface area contributed by atoms with Crippen molar-refractivity contribution < 1.29 is 18.0 Å². The number of sulfone groups is 1. The van der Waals surface area contributed by atoms with E-state index in [1.807, 2.05) is 30.3 Å². The third-order valence-corrected chi connectivity index (χ3v) is 6.18. The number of hydrazine groups is 1. The van der Waals surface area contributed by atoms with Gasteiger partial charge in [-0.3, -0.25) is 20.4 Å². The molecule has 0 saturated carbocycles. The number of carbonyl (C=O) groups excluding carboxylic acids is 2. The van der Waals surface area contributed by atoms with E-state index in [1.54, 1.807) is 24.3 Å². The fourth-order valence-electron chi connectivity index (χ4n) is 3.01. The minimum atomic E-state index is -3.03. The van der Waals surface area contributed by atoms with Gasteiger partial charge in [0, 0.05) is 12.1 Å². The van der Waals surface area contributed by atoms with Crippen molar-refractivity contribution >= 4 is 33.0 Å². The van der Waals surface area contributed by atoms with Gasteiger partial charge in [-0.15, -0.1) is 0 Å². The highest BCUT2D eigenvalue weighted by Crippen LogP contribution is 2.22. The van der Waals surface area contributed by atoms with E-state index in [2.05, 4.69) is 16.2 Å². The normalized spacial score (nSPS) is 17.9. The van der Waals surface area contributed by atoms with E-state index in [0.717, 1.165) is 5.69 Å². The van der Waals surface area contributed by atoms with Gasteiger partial charge in [-0.05, 0) is 36.6 Å². The summed E-state index contributed by atoms with van der Waals surface area (Å²) in [6, 6.07) is 16.4. The predicted octanol–water partition coefficient (Wildman–Crippen LogP) is 2.02. The van der Waals surface area contributed by atoms with Crippen molar-refractivity contribution in [1.82, 2.24) is 10.9 Å². The van der Waals surface area contributed by atoms with Crippen LogP contribution in [-0.2, 0) is 14.6 Å². The average molecular weight is 387 g/mol. The Balaban J connectivity index is 1.57. The Bertz CT molecular complexity index is 929. The van der Waals surface area contributed by atoms with E-state index >= 15 is 0 Å². The number of rotatable bonds is 5. The Morgan fingerprint density at radius 3 is 2.37 bits per heavy atom. The highest BCUT2D eigenvalue weighted by Gasteiger charge is 2.29. The fourth-order valence-corrected chi connectivity index (χ4v) is 4.87. The maximum Gasteiger partial charge on any atom is 0.271 e. The summed E-state index contributed by atoms with van der Waals surface area (Å²) in [5, 5.41) is 3.17. The number of hydrogen-bond donors (Lipinski definition) is 3. The minimum Gasteiger partial charge on any atom is -0.355 e. The molecular weight excluding hydrogens is 366 g/mol. The molecule has 1 atom stereocenters. The first-order valence-electron chi connectivity index (χ1n) is 8.64. The van der Waals surface area contributed by atoms with E-state index < -0.39 is 21.7 Å². The maximum atomic E-state index is 12.4. The highest BCUT2D eigenvalue weighted by atomic mass is 32.2. The van der Waals surface area contributed by atoms with Gasteiger partial charge in [-0.2, -0.15) is 0 Å². The molecule has 0 aromatic heterocycles. The van der Waals surface area contributed by atoms with E-state index in [0.29, 0.717) is 17.7 Å². The third-order valence-electron chi connectivity index (χ3n) is 4.34. The average Bonchev–Trinajstić information content (AvgIpc) is 2.99. The Labute approximate surface area is 158 Å². The molecule has 1 aliphatic rings. The molecule has 0 aliphatic carbocycles. The number of nitrogens with one attached hydrogen (secondary N) is 3. The Kier molecular flexibility index (Phi) is 5.75. The van der Waals surface area contributed by atoms with Gasteiger partial charge in [0.05, 0.1) is 22.8 Å². The van der Waals surface area contributed by atoms with Crippen molar-refractivity contribution in [3.63, 3.8) is 0 Å². The summed E-state index contributed by atoms with van der Waals surface area (Å²) in [4.78, 5) is 24.4. The molecule has 3 N–H and O–H groups in total. The Morgan fingerprint density at radius 2 is 1.67 bits per heavy atom. The van der Waals surface area contributed by atoms with E-state index in [9.17, 15) is 18.0 Å². The zero-order valence-corrected chi connectivity index (χ0v) is 15.5. The molecule has 0 radical (unpaired) electrons. The van der Waals surface area contributed by atoms with Crippen LogP contribution in [0.2, 0.25) is 0 Å². The van der Waals surface area contributed by atoms with Crippen LogP contribution in [-0.4, -0.2) is 31.7 Å². The molecule has 1 fully saturated rings. The topological polar surface area (TPSA) is 104 Å². The van der Waals surface area contributed by atoms with Crippen LogP contribution < -0.4 is 16.2 Å². The van der Waals surface area contributed by atoms with Crippen LogP contribution in [0, 0.1) is 5.92 Å². The Hall–Kier alpha value is -2.87. The lowest BCUT2D eigenvalue weighted by Gasteiger charge is -2.13. The predicted molar refractivity (Wildman–Crippen MR) is 103 cm³/mol. The lowest BCUT2D eigenvalue weighted by atomic mass is 10.1. The first-order chi connectivity index (χ1) is 12.9. The molecule has 0 spiro atoms. The number of benzene rings is 2. The molecule has 8 heteroatoms. The van der Waals surface area contributed by atoms with Gasteiger partial charge >= 0.3 is 0 Å². The summed E-state index contributed by atoms with van der Waals surface area (Å²) in [5.74, 6) is -0.909. The van der Waals surface area contributed by atoms with Crippen molar-refractivity contribution in [2.45, 2.75) is 12.8 Å². The second kappa shape index (κ2) is 8.22. The molecule has 7 nitrogen and oxygen atoms in total. The van der Waals surface area contributed by atoms with Gasteiger partial charge in [-0.1, -0.05) is 30.3 Å². The van der Waals surface area contributed by atoms with E-state index in [-0.39, 0.29) is 23.8 Å². The molecule has 1 saturated heterocycles. The molecule has 1 heterocycles. The zero-order valence-electron chi connectivity index (χ0n) is 14.6. The summed E-state index contributed by atoms with van der Waals surface area (Å²) < 4.78 is 22.9. The molecule has 2 aromatic carbocycles. The number of anilines is 2. The van der Waals surface area contributed by atoms with Crippen LogP contribution in [0.5, 0.6) is 0 Å². The van der Waals surface area contributed by atoms with Crippen molar-refractivity contribution in [3.05, 3.63) is 60.2 Å². The van der Waals surface area contributed by atoms with Crippen LogP contribution in [0.25, 0.3) is 0 Å². The van der Waals surface area contributed by atoms with Crippen LogP contribution in [0.4, 0.5) is 11.4 Å². The van der Waals surface area contributed by atoms with Crippen molar-refractivity contribution in [2.75, 3.05) is 16.8 Å². The van der Waals surface area contributed by atoms with Gasteiger partial charge < -0.3 is 5.32 Å². The standard InChI is InChI=1S/C19H21N3O4S/c23-18(12-14-10-11-27(25,26)13-14)21-22-19(24)16-8-4-5-9-17(16)20-15-6-2-1-3-7-15/h1-9,14,20H,10-13H2,(H,21,23)(H,22,24)/t14-/m0/s1. The smallest absolute Gasteiger partial charge is 0.271 e. The number of para-hydroxylation sites is 2. The largest absolute Gasteiger partial charge is 0.355 e. The number of hydrogen-bond acceptors (Lipinski definition) is 5. The lowest BCUT2D eigenvalue weighted by molar-refractivity contribution is -0.122. The van der Waals surface area contributed by atoms with Crippen LogP contribution in [0.3, 0.4) is 0 Å². The van der Waals surface area contributed by atoms with Crippen molar-refractivity contribution in [1.29, 1.82) is 0 Å². The molecule has 3 rings (SSSR count). The zero-order chi connectivity index (χ0) is 19.3. The minimum absolute atomic E-state index is 0.0260. The van der Waals surface area contributed by atoms with Gasteiger partial charge in [-0.25, -0.2) is 8.42 Å². The van der Waals surface area contributed by atoms with Crippen LogP contribution >= 0.6 is 0 Å². The monoisotopic (exact) mass is 387 g/mol. The van der Waals surface area contributed by atoms with Crippen molar-refractivity contribution in [2.24, 2.45) is 5.92 Å². The van der Waals surface area contributed by atoms with E-state index in [4.69, 9.17) is 0 Å². The number of amides is 2. The molecule has 2 aromatic rings. The molecule has 0 unspecified atom stereocenters. The first kappa shape index (κ1) is 18.9. The van der Waals surface area contributed by atoms with Crippen molar-refractivity contribution in [3.8, 4) is 0 Å². The fraction of sp³-hybridized carbons (Fsp3) is 0.263. The molecule has 142 valence electrons. The lowest BCUT2D eigenvalue weighted by Crippen LogP contribution is -2.42. The second-order valence-corrected chi connectivity index (χ2v) is 8.74. The SMILES string of the molecule is O=C(C[C@@H]1CCS(=O)(=O)C1)NNC(=O)c1ccccc1Nc1ccccc1. The molecule has 27 heavy (non-hydrogen) atoms. The van der Waals surface area contributed by atoms with Gasteiger partial charge in [0.15, 0.2) is 9.84 Å². The van der Waals surface area contributed by atoms with Gasteiger partial charge in [0.1, 0.15) is 0 Å². The van der Waals surface area contributed by atoms with Crippen LogP contribution in [0.1, 0.15) is 23.2 Å². The summed E-state index contributed by atoms with van der Waals surface area (Å²) in [7, 11) is -3.03. The first-order valence-corrected chi connectivity index (χ1v) is 10.5. The summed E-state index contributed by atoms with van der Waals surface area (Å²) in [6.45, 7) is 0.